The van der Waals surface area contributed by atoms with Gasteiger partial charge in [-0.3, -0.25) is 9.59 Å². The lowest BCUT2D eigenvalue weighted by molar-refractivity contribution is -0.136. The van der Waals surface area contributed by atoms with Gasteiger partial charge in [-0.2, -0.15) is 4.68 Å². The van der Waals surface area contributed by atoms with Gasteiger partial charge in [0.15, 0.2) is 17.0 Å². The van der Waals surface area contributed by atoms with E-state index in [4.69, 9.17) is 4.74 Å². The summed E-state index contributed by atoms with van der Waals surface area (Å²) in [6.07, 6.45) is 1.76. The maximum Gasteiger partial charge on any atom is 0.228 e. The Morgan fingerprint density at radius 2 is 1.76 bits per heavy atom. The summed E-state index contributed by atoms with van der Waals surface area (Å²) in [6.45, 7) is 2.72. The Balaban J connectivity index is 1.15. The average molecular weight is 499 g/mol. The Kier molecular flexibility index (Phi) is 5.87. The zero-order valence-corrected chi connectivity index (χ0v) is 20.4. The molecule has 2 aliphatic heterocycles. The van der Waals surface area contributed by atoms with Crippen molar-refractivity contribution < 1.29 is 14.3 Å². The molecule has 11 nitrogen and oxygen atoms in total. The molecule has 6 rings (SSSR count). The molecule has 4 aromatic rings. The third kappa shape index (κ3) is 4.22. The molecule has 2 amide bonds. The lowest BCUT2D eigenvalue weighted by Crippen LogP contribution is -2.51. The first kappa shape index (κ1) is 22.9. The van der Waals surface area contributed by atoms with E-state index >= 15 is 0 Å². The molecule has 2 aromatic carbocycles. The maximum absolute atomic E-state index is 13.3. The number of nitrogens with zero attached hydrogens (tertiary/aromatic N) is 8. The predicted molar refractivity (Wildman–Crippen MR) is 137 cm³/mol. The van der Waals surface area contributed by atoms with E-state index in [1.54, 1.807) is 16.7 Å². The zero-order valence-electron chi connectivity index (χ0n) is 20.4. The Morgan fingerprint density at radius 1 is 0.973 bits per heavy atom. The molecule has 188 valence electrons. The Bertz CT molecular complexity index is 1450. The van der Waals surface area contributed by atoms with E-state index in [9.17, 15) is 9.59 Å². The van der Waals surface area contributed by atoms with Crippen LogP contribution < -0.4 is 14.5 Å². The molecule has 0 bridgehead atoms. The maximum atomic E-state index is 13.3. The lowest BCUT2D eigenvalue weighted by atomic mass is 10.1. The van der Waals surface area contributed by atoms with Gasteiger partial charge in [0, 0.05) is 50.9 Å². The van der Waals surface area contributed by atoms with Gasteiger partial charge in [-0.15, -0.1) is 5.10 Å². The topological polar surface area (TPSA) is 110 Å². The minimum absolute atomic E-state index is 0.00862. The third-order valence-electron chi connectivity index (χ3n) is 6.95. The number of ether oxygens (including phenoxy) is 1. The highest BCUT2D eigenvalue weighted by Crippen LogP contribution is 2.28. The summed E-state index contributed by atoms with van der Waals surface area (Å²) in [4.78, 5) is 40.4. The summed E-state index contributed by atoms with van der Waals surface area (Å²) in [7, 11) is 1.62. The van der Waals surface area contributed by atoms with E-state index in [-0.39, 0.29) is 24.2 Å². The molecule has 2 saturated heterocycles. The van der Waals surface area contributed by atoms with Crippen molar-refractivity contribution in [1.29, 1.82) is 0 Å². The van der Waals surface area contributed by atoms with Crippen molar-refractivity contribution in [2.75, 3.05) is 49.6 Å². The Labute approximate surface area is 213 Å². The number of carbonyl (C=O) groups excluding carboxylic acids is 2. The number of methoxy groups -OCH3 is 1. The molecule has 11 heteroatoms. The van der Waals surface area contributed by atoms with Gasteiger partial charge < -0.3 is 19.4 Å². The number of carbonyl (C=O) groups is 2. The van der Waals surface area contributed by atoms with Gasteiger partial charge in [-0.25, -0.2) is 9.97 Å². The van der Waals surface area contributed by atoms with Crippen molar-refractivity contribution in [2.45, 2.75) is 6.42 Å². The number of piperazine rings is 1. The molecule has 0 radical (unpaired) electrons. The fraction of sp³-hybridized carbons (Fsp3) is 0.308. The summed E-state index contributed by atoms with van der Waals surface area (Å²) in [5.41, 5.74) is 2.83. The normalized spacial score (nSPS) is 18.0. The molecular formula is C26H26N8O3. The molecule has 0 aliphatic carbocycles. The molecule has 0 N–H and O–H groups in total. The molecule has 37 heavy (non-hydrogen) atoms. The molecule has 0 spiro atoms. The second-order valence-electron chi connectivity index (χ2n) is 9.13. The van der Waals surface area contributed by atoms with E-state index in [0.29, 0.717) is 55.5 Å². The van der Waals surface area contributed by atoms with Crippen molar-refractivity contribution in [3.8, 4) is 11.4 Å². The highest BCUT2D eigenvalue weighted by molar-refractivity contribution is 6.00. The number of benzene rings is 2. The minimum atomic E-state index is -0.326. The Morgan fingerprint density at radius 3 is 2.54 bits per heavy atom. The predicted octanol–water partition coefficient (Wildman–Crippen LogP) is 1.92. The largest absolute Gasteiger partial charge is 0.497 e. The number of aromatic nitrogens is 5. The zero-order chi connectivity index (χ0) is 25.4. The standard InChI is InChI=1S/C26H26N8O3/c1-37-21-9-5-8-20(15-21)34-25-23(29-30-34)24(27-17-28-25)31-10-12-32(13-11-31)26(36)18-14-22(35)33(16-18)19-6-3-2-4-7-19/h2-9,15,17-18H,10-14,16H2,1H3/t18-/m1/s1. The number of amides is 2. The molecule has 2 fully saturated rings. The number of hydrogen-bond acceptors (Lipinski definition) is 8. The van der Waals surface area contributed by atoms with E-state index in [1.165, 1.54) is 6.33 Å². The number of para-hydroxylation sites is 1. The lowest BCUT2D eigenvalue weighted by Gasteiger charge is -2.36. The number of anilines is 2. The molecule has 0 saturated carbocycles. The third-order valence-corrected chi connectivity index (χ3v) is 6.95. The first-order valence-corrected chi connectivity index (χ1v) is 12.2. The van der Waals surface area contributed by atoms with E-state index < -0.39 is 0 Å². The summed E-state index contributed by atoms with van der Waals surface area (Å²) >= 11 is 0. The van der Waals surface area contributed by atoms with Gasteiger partial charge in [0.2, 0.25) is 11.8 Å². The number of rotatable bonds is 5. The van der Waals surface area contributed by atoms with Gasteiger partial charge in [-0.05, 0) is 24.3 Å². The molecule has 2 aromatic heterocycles. The summed E-state index contributed by atoms with van der Waals surface area (Å²) in [6, 6.07) is 17.0. The highest BCUT2D eigenvalue weighted by atomic mass is 16.5. The van der Waals surface area contributed by atoms with Crippen LogP contribution in [-0.4, -0.2) is 81.5 Å². The van der Waals surface area contributed by atoms with Crippen LogP contribution in [-0.2, 0) is 9.59 Å². The average Bonchev–Trinajstić information content (AvgIpc) is 3.57. The van der Waals surface area contributed by atoms with Crippen LogP contribution in [0.5, 0.6) is 5.75 Å². The van der Waals surface area contributed by atoms with Crippen LogP contribution in [0.1, 0.15) is 6.42 Å². The smallest absolute Gasteiger partial charge is 0.228 e. The van der Waals surface area contributed by atoms with Crippen molar-refractivity contribution in [1.82, 2.24) is 29.9 Å². The van der Waals surface area contributed by atoms with E-state index in [2.05, 4.69) is 25.2 Å². The fourth-order valence-corrected chi connectivity index (χ4v) is 5.01. The van der Waals surface area contributed by atoms with Crippen LogP contribution in [0.3, 0.4) is 0 Å². The number of hydrogen-bond donors (Lipinski definition) is 0. The van der Waals surface area contributed by atoms with E-state index in [0.717, 1.165) is 11.4 Å². The van der Waals surface area contributed by atoms with Gasteiger partial charge >= 0.3 is 0 Å². The molecule has 2 aliphatic rings. The first-order valence-electron chi connectivity index (χ1n) is 12.2. The van der Waals surface area contributed by atoms with Gasteiger partial charge in [-0.1, -0.05) is 29.5 Å². The minimum Gasteiger partial charge on any atom is -0.497 e. The van der Waals surface area contributed by atoms with Crippen LogP contribution >= 0.6 is 0 Å². The highest BCUT2D eigenvalue weighted by Gasteiger charge is 2.38. The van der Waals surface area contributed by atoms with Crippen LogP contribution in [0.2, 0.25) is 0 Å². The van der Waals surface area contributed by atoms with Crippen molar-refractivity contribution >= 4 is 34.5 Å². The second-order valence-corrected chi connectivity index (χ2v) is 9.13. The summed E-state index contributed by atoms with van der Waals surface area (Å²) in [5, 5.41) is 8.68. The van der Waals surface area contributed by atoms with Crippen molar-refractivity contribution in [2.24, 2.45) is 5.92 Å². The van der Waals surface area contributed by atoms with Crippen LogP contribution in [0.25, 0.3) is 16.9 Å². The Hall–Kier alpha value is -4.54. The van der Waals surface area contributed by atoms with Crippen LogP contribution in [0.4, 0.5) is 11.5 Å². The molecule has 1 atom stereocenters. The monoisotopic (exact) mass is 498 g/mol. The second kappa shape index (κ2) is 9.49. The van der Waals surface area contributed by atoms with Crippen molar-refractivity contribution in [3.05, 3.63) is 60.9 Å². The molecular weight excluding hydrogens is 472 g/mol. The van der Waals surface area contributed by atoms with Gasteiger partial charge in [0.05, 0.1) is 18.7 Å². The van der Waals surface area contributed by atoms with Gasteiger partial charge in [0.25, 0.3) is 0 Å². The SMILES string of the molecule is COc1cccc(-n2nnc3c(N4CCN(C(=O)[C@@H]5CC(=O)N(c6ccccc6)C5)CC4)ncnc32)c1. The van der Waals surface area contributed by atoms with Gasteiger partial charge in [0.1, 0.15) is 12.1 Å². The van der Waals surface area contributed by atoms with Crippen LogP contribution in [0.15, 0.2) is 60.9 Å². The fourth-order valence-electron chi connectivity index (χ4n) is 5.01. The van der Waals surface area contributed by atoms with Crippen molar-refractivity contribution in [3.63, 3.8) is 0 Å². The summed E-state index contributed by atoms with van der Waals surface area (Å²) in [5.74, 6) is 1.10. The first-order chi connectivity index (χ1) is 18.1. The quantitative estimate of drug-likeness (QED) is 0.411. The number of fused-ring (bicyclic) bond motifs is 1. The summed E-state index contributed by atoms with van der Waals surface area (Å²) < 4.78 is 6.99. The molecule has 0 unspecified atom stereocenters. The van der Waals surface area contributed by atoms with E-state index in [1.807, 2.05) is 59.5 Å². The molecule has 4 heterocycles. The van der Waals surface area contributed by atoms with Crippen LogP contribution in [0, 0.1) is 5.92 Å².